The summed E-state index contributed by atoms with van der Waals surface area (Å²) in [7, 11) is 0. The highest BCUT2D eigenvalue weighted by molar-refractivity contribution is 5.79. The lowest BCUT2D eigenvalue weighted by Crippen LogP contribution is -2.25. The molecule has 0 bridgehead atoms. The Morgan fingerprint density at radius 2 is 1.72 bits per heavy atom. The van der Waals surface area contributed by atoms with Crippen LogP contribution < -0.4 is 5.73 Å². The molecule has 0 aliphatic rings. The van der Waals surface area contributed by atoms with Gasteiger partial charge in [-0.3, -0.25) is 0 Å². The summed E-state index contributed by atoms with van der Waals surface area (Å²) in [6.45, 7) is 4.02. The molecule has 8 heteroatoms. The lowest BCUT2D eigenvalue weighted by atomic mass is 10.00. The van der Waals surface area contributed by atoms with Crippen molar-refractivity contribution in [2.75, 3.05) is 0 Å². The van der Waals surface area contributed by atoms with Crippen LogP contribution in [0, 0.1) is 5.92 Å². The molecule has 0 radical (unpaired) electrons. The van der Waals surface area contributed by atoms with Crippen LogP contribution >= 0.6 is 0 Å². The van der Waals surface area contributed by atoms with Crippen molar-refractivity contribution in [3.05, 3.63) is 12.2 Å². The van der Waals surface area contributed by atoms with Gasteiger partial charge in [-0.25, -0.2) is 9.59 Å². The van der Waals surface area contributed by atoms with E-state index in [2.05, 4.69) is 0 Å². The molecule has 0 amide bonds. The van der Waals surface area contributed by atoms with E-state index in [1.165, 1.54) is 6.08 Å². The predicted molar refractivity (Wildman–Crippen MR) is 57.9 cm³/mol. The molecule has 0 spiro atoms. The standard InChI is InChI=1S/C8H15NO2.C2HF3O2/c1-3-6(2)7(9)4-5-8(10)11;3-2(4,5)1(6)7/h4-7H,3,9H2,1-2H3,(H,10,11);(H,6,7)/b5-4+;/t6-,7+;/m0./s1. The number of alkyl halides is 3. The predicted octanol–water partition coefficient (Wildman–Crippen LogP) is 1.63. The number of carbonyl (C=O) groups is 2. The Bertz CT molecular complexity index is 302. The fraction of sp³-hybridized carbons (Fsp3) is 0.600. The Labute approximate surface area is 102 Å². The first-order chi connectivity index (χ1) is 8.02. The molecule has 106 valence electrons. The zero-order valence-corrected chi connectivity index (χ0v) is 9.94. The van der Waals surface area contributed by atoms with E-state index in [-0.39, 0.29) is 6.04 Å². The Kier molecular flexibility index (Phi) is 8.88. The Balaban J connectivity index is 0. The third-order valence-electron chi connectivity index (χ3n) is 2.00. The molecule has 0 aromatic rings. The fourth-order valence-electron chi connectivity index (χ4n) is 0.655. The summed E-state index contributed by atoms with van der Waals surface area (Å²) >= 11 is 0. The average Bonchev–Trinajstić information content (AvgIpc) is 2.24. The van der Waals surface area contributed by atoms with Gasteiger partial charge in [0.05, 0.1) is 0 Å². The van der Waals surface area contributed by atoms with Crippen molar-refractivity contribution >= 4 is 11.9 Å². The number of hydrogen-bond donors (Lipinski definition) is 3. The van der Waals surface area contributed by atoms with Crippen molar-refractivity contribution in [3.63, 3.8) is 0 Å². The van der Waals surface area contributed by atoms with Crippen LogP contribution in [0.2, 0.25) is 0 Å². The maximum Gasteiger partial charge on any atom is 0.490 e. The van der Waals surface area contributed by atoms with Crippen LogP contribution in [0.5, 0.6) is 0 Å². The molecule has 4 N–H and O–H groups in total. The number of carboxylic acid groups (broad SMARTS) is 2. The van der Waals surface area contributed by atoms with Gasteiger partial charge in [0.1, 0.15) is 0 Å². The van der Waals surface area contributed by atoms with Crippen molar-refractivity contribution in [1.29, 1.82) is 0 Å². The Morgan fingerprint density at radius 1 is 1.33 bits per heavy atom. The van der Waals surface area contributed by atoms with Gasteiger partial charge in [-0.15, -0.1) is 0 Å². The second-order valence-electron chi connectivity index (χ2n) is 3.46. The van der Waals surface area contributed by atoms with E-state index in [9.17, 15) is 18.0 Å². The van der Waals surface area contributed by atoms with E-state index in [0.29, 0.717) is 5.92 Å². The second kappa shape index (κ2) is 8.51. The van der Waals surface area contributed by atoms with E-state index >= 15 is 0 Å². The molecular weight excluding hydrogens is 255 g/mol. The third kappa shape index (κ3) is 10.9. The number of carboxylic acids is 2. The molecule has 0 rings (SSSR count). The molecule has 0 unspecified atom stereocenters. The second-order valence-corrected chi connectivity index (χ2v) is 3.46. The maximum atomic E-state index is 10.6. The molecule has 0 heterocycles. The number of halogens is 3. The topological polar surface area (TPSA) is 101 Å². The number of nitrogens with two attached hydrogens (primary N) is 1. The molecule has 0 fully saturated rings. The van der Waals surface area contributed by atoms with E-state index in [0.717, 1.165) is 12.5 Å². The quantitative estimate of drug-likeness (QED) is 0.675. The van der Waals surface area contributed by atoms with Crippen LogP contribution in [0.25, 0.3) is 0 Å². The molecular formula is C10H16F3NO4. The summed E-state index contributed by atoms with van der Waals surface area (Å²) in [5.41, 5.74) is 5.63. The fourth-order valence-corrected chi connectivity index (χ4v) is 0.655. The van der Waals surface area contributed by atoms with Crippen molar-refractivity contribution in [2.24, 2.45) is 11.7 Å². The highest BCUT2D eigenvalue weighted by Crippen LogP contribution is 2.13. The van der Waals surface area contributed by atoms with Crippen LogP contribution in [0.4, 0.5) is 13.2 Å². The molecule has 0 saturated heterocycles. The van der Waals surface area contributed by atoms with Crippen molar-refractivity contribution < 1.29 is 33.0 Å². The van der Waals surface area contributed by atoms with Gasteiger partial charge < -0.3 is 15.9 Å². The van der Waals surface area contributed by atoms with Gasteiger partial charge in [0.15, 0.2) is 0 Å². The van der Waals surface area contributed by atoms with Gasteiger partial charge in [-0.1, -0.05) is 26.3 Å². The molecule has 0 aliphatic carbocycles. The molecule has 18 heavy (non-hydrogen) atoms. The van der Waals surface area contributed by atoms with Gasteiger partial charge in [-0.05, 0) is 5.92 Å². The minimum atomic E-state index is -5.08. The molecule has 0 saturated carbocycles. The van der Waals surface area contributed by atoms with Gasteiger partial charge in [-0.2, -0.15) is 13.2 Å². The maximum absolute atomic E-state index is 10.6. The van der Waals surface area contributed by atoms with E-state index < -0.39 is 18.1 Å². The van der Waals surface area contributed by atoms with E-state index in [1.807, 2.05) is 13.8 Å². The zero-order chi connectivity index (χ0) is 14.9. The monoisotopic (exact) mass is 271 g/mol. The van der Waals surface area contributed by atoms with Crippen LogP contribution in [0.1, 0.15) is 20.3 Å². The zero-order valence-electron chi connectivity index (χ0n) is 9.94. The number of rotatable bonds is 4. The van der Waals surface area contributed by atoms with E-state index in [4.69, 9.17) is 20.7 Å². The van der Waals surface area contributed by atoms with Crippen LogP contribution in [-0.2, 0) is 9.59 Å². The van der Waals surface area contributed by atoms with Crippen LogP contribution in [0.3, 0.4) is 0 Å². The highest BCUT2D eigenvalue weighted by atomic mass is 19.4. The van der Waals surface area contributed by atoms with Crippen molar-refractivity contribution in [2.45, 2.75) is 32.5 Å². The smallest absolute Gasteiger partial charge is 0.478 e. The molecule has 5 nitrogen and oxygen atoms in total. The first-order valence-corrected chi connectivity index (χ1v) is 4.99. The van der Waals surface area contributed by atoms with Gasteiger partial charge >= 0.3 is 18.1 Å². The van der Waals surface area contributed by atoms with Crippen LogP contribution in [-0.4, -0.2) is 34.4 Å². The summed E-state index contributed by atoms with van der Waals surface area (Å²) < 4.78 is 31.7. The average molecular weight is 271 g/mol. The molecule has 0 aliphatic heterocycles. The van der Waals surface area contributed by atoms with Crippen LogP contribution in [0.15, 0.2) is 12.2 Å². The SMILES string of the molecule is CC[C@H](C)[C@H](N)/C=C/C(=O)O.O=C(O)C(F)(F)F. The lowest BCUT2D eigenvalue weighted by molar-refractivity contribution is -0.192. The normalized spacial score (nSPS) is 14.6. The largest absolute Gasteiger partial charge is 0.490 e. The summed E-state index contributed by atoms with van der Waals surface area (Å²) in [5.74, 6) is -3.36. The highest BCUT2D eigenvalue weighted by Gasteiger charge is 2.38. The van der Waals surface area contributed by atoms with Gasteiger partial charge in [0, 0.05) is 12.1 Å². The molecule has 0 aromatic carbocycles. The summed E-state index contributed by atoms with van der Waals surface area (Å²) in [4.78, 5) is 19.0. The molecule has 2 atom stereocenters. The minimum absolute atomic E-state index is 0.143. The first-order valence-electron chi connectivity index (χ1n) is 4.99. The van der Waals surface area contributed by atoms with Crippen molar-refractivity contribution in [3.8, 4) is 0 Å². The number of hydrogen-bond acceptors (Lipinski definition) is 3. The summed E-state index contributed by atoms with van der Waals surface area (Å²) in [5, 5.41) is 15.4. The molecule has 0 aromatic heterocycles. The third-order valence-corrected chi connectivity index (χ3v) is 2.00. The van der Waals surface area contributed by atoms with Gasteiger partial charge in [0.25, 0.3) is 0 Å². The number of aliphatic carboxylic acids is 2. The van der Waals surface area contributed by atoms with Crippen molar-refractivity contribution in [1.82, 2.24) is 0 Å². The van der Waals surface area contributed by atoms with E-state index in [1.54, 1.807) is 0 Å². The lowest BCUT2D eigenvalue weighted by Gasteiger charge is -2.12. The summed E-state index contributed by atoms with van der Waals surface area (Å²) in [6.07, 6.45) is -1.50. The Morgan fingerprint density at radius 3 is 1.94 bits per heavy atom. The van der Waals surface area contributed by atoms with Gasteiger partial charge in [0.2, 0.25) is 0 Å². The minimum Gasteiger partial charge on any atom is -0.478 e. The Hall–Kier alpha value is -1.57. The first kappa shape index (κ1) is 18.8. The summed E-state index contributed by atoms with van der Waals surface area (Å²) in [6, 6.07) is -0.143.